The molecule has 146 valence electrons. The monoisotopic (exact) mass is 414 g/mol. The van der Waals surface area contributed by atoms with Gasteiger partial charge in [-0.05, 0) is 42.1 Å². The summed E-state index contributed by atoms with van der Waals surface area (Å²) in [6, 6.07) is 14.7. The third kappa shape index (κ3) is 4.57. The van der Waals surface area contributed by atoms with Crippen molar-refractivity contribution in [2.45, 2.75) is 32.1 Å². The molecule has 0 bridgehead atoms. The van der Waals surface area contributed by atoms with Gasteiger partial charge in [-0.25, -0.2) is 0 Å². The summed E-state index contributed by atoms with van der Waals surface area (Å²) in [5, 5.41) is 9.89. The van der Waals surface area contributed by atoms with Crippen molar-refractivity contribution in [3.05, 3.63) is 58.2 Å². The van der Waals surface area contributed by atoms with Crippen LogP contribution >= 0.6 is 23.6 Å². The normalized spacial score (nSPS) is 14.8. The first-order valence-corrected chi connectivity index (χ1v) is 10.7. The molecular formula is C20H24N5OS2+. The Morgan fingerprint density at radius 2 is 2.07 bits per heavy atom. The lowest BCUT2D eigenvalue weighted by Crippen LogP contribution is -3.09. The van der Waals surface area contributed by atoms with Crippen molar-refractivity contribution < 1.29 is 9.69 Å². The van der Waals surface area contributed by atoms with E-state index < -0.39 is 0 Å². The van der Waals surface area contributed by atoms with E-state index >= 15 is 0 Å². The van der Waals surface area contributed by atoms with E-state index in [1.165, 1.54) is 5.56 Å². The summed E-state index contributed by atoms with van der Waals surface area (Å²) in [4.78, 5) is 14.2. The maximum Gasteiger partial charge on any atom is 0.275 e. The van der Waals surface area contributed by atoms with Gasteiger partial charge in [0.2, 0.25) is 4.77 Å². The Morgan fingerprint density at radius 3 is 2.75 bits per heavy atom. The number of thiophene rings is 1. The van der Waals surface area contributed by atoms with E-state index in [-0.39, 0.29) is 5.91 Å². The molecule has 3 aromatic rings. The summed E-state index contributed by atoms with van der Waals surface area (Å²) in [7, 11) is 2.00. The van der Waals surface area contributed by atoms with Crippen LogP contribution in [0.1, 0.15) is 18.4 Å². The number of nitrogens with zero attached hydrogens (tertiary/aromatic N) is 3. The van der Waals surface area contributed by atoms with Gasteiger partial charge in [0.15, 0.2) is 19.0 Å². The molecule has 0 saturated heterocycles. The highest BCUT2D eigenvalue weighted by Crippen LogP contribution is 2.24. The van der Waals surface area contributed by atoms with Crippen molar-refractivity contribution in [3.63, 3.8) is 0 Å². The molecule has 1 aliphatic rings. The standard InChI is InChI=1S/C20H23N5OS2/c1-23(13-18(26)21-16-9-10-16)14-25-20(27)24(12-15-6-3-2-4-7-15)19(22-25)17-8-5-11-28-17/h2-8,11,16H,9-10,12-14H2,1H3,(H,21,26)/p+1. The SMILES string of the molecule is C[NH+](CC(=O)NC1CC1)Cn1nc(-c2cccs2)n(Cc2ccccc2)c1=S. The molecular weight excluding hydrogens is 390 g/mol. The number of hydrogen-bond donors (Lipinski definition) is 2. The summed E-state index contributed by atoms with van der Waals surface area (Å²) < 4.78 is 4.59. The van der Waals surface area contributed by atoms with E-state index in [1.54, 1.807) is 11.3 Å². The molecule has 1 unspecified atom stereocenters. The predicted molar refractivity (Wildman–Crippen MR) is 113 cm³/mol. The Bertz CT molecular complexity index is 990. The minimum Gasteiger partial charge on any atom is -0.348 e. The fourth-order valence-corrected chi connectivity index (χ4v) is 4.11. The van der Waals surface area contributed by atoms with Gasteiger partial charge in [0.25, 0.3) is 5.91 Å². The zero-order chi connectivity index (χ0) is 19.5. The second-order valence-corrected chi connectivity index (χ2v) is 8.60. The number of amides is 1. The van der Waals surface area contributed by atoms with Crippen molar-refractivity contribution in [2.75, 3.05) is 13.6 Å². The molecule has 6 nitrogen and oxygen atoms in total. The fraction of sp³-hybridized carbons (Fsp3) is 0.350. The molecule has 2 aromatic heterocycles. The van der Waals surface area contributed by atoms with E-state index in [2.05, 4.69) is 28.1 Å². The van der Waals surface area contributed by atoms with E-state index in [4.69, 9.17) is 17.3 Å². The second-order valence-electron chi connectivity index (χ2n) is 7.29. The van der Waals surface area contributed by atoms with E-state index in [9.17, 15) is 4.79 Å². The van der Waals surface area contributed by atoms with Gasteiger partial charge < -0.3 is 10.2 Å². The van der Waals surface area contributed by atoms with E-state index in [0.29, 0.717) is 30.6 Å². The summed E-state index contributed by atoms with van der Waals surface area (Å²) in [6.45, 7) is 1.64. The highest BCUT2D eigenvalue weighted by molar-refractivity contribution is 7.71. The molecule has 8 heteroatoms. The number of rotatable bonds is 8. The zero-order valence-corrected chi connectivity index (χ0v) is 17.4. The maximum absolute atomic E-state index is 12.1. The minimum atomic E-state index is 0.0914. The number of quaternary nitrogens is 1. The van der Waals surface area contributed by atoms with Gasteiger partial charge in [0.05, 0.1) is 18.5 Å². The number of carbonyl (C=O) groups is 1. The minimum absolute atomic E-state index is 0.0914. The molecule has 0 spiro atoms. The molecule has 4 rings (SSSR count). The van der Waals surface area contributed by atoms with Crippen LogP contribution in [0.2, 0.25) is 0 Å². The van der Waals surface area contributed by atoms with Gasteiger partial charge in [-0.15, -0.1) is 16.4 Å². The number of benzene rings is 1. The van der Waals surface area contributed by atoms with Crippen LogP contribution in [0.3, 0.4) is 0 Å². The van der Waals surface area contributed by atoms with Crippen LogP contribution in [0.5, 0.6) is 0 Å². The Hall–Kier alpha value is -2.29. The van der Waals surface area contributed by atoms with Crippen LogP contribution in [0.15, 0.2) is 47.8 Å². The van der Waals surface area contributed by atoms with Crippen LogP contribution in [-0.2, 0) is 18.0 Å². The van der Waals surface area contributed by atoms with E-state index in [0.717, 1.165) is 28.4 Å². The fourth-order valence-electron chi connectivity index (χ4n) is 3.13. The molecule has 1 aromatic carbocycles. The lowest BCUT2D eigenvalue weighted by Gasteiger charge is -2.13. The molecule has 1 saturated carbocycles. The average Bonchev–Trinajstić information content (AvgIpc) is 3.22. The maximum atomic E-state index is 12.1. The number of aromatic nitrogens is 3. The smallest absolute Gasteiger partial charge is 0.275 e. The van der Waals surface area contributed by atoms with E-state index in [1.807, 2.05) is 41.4 Å². The molecule has 1 aliphatic carbocycles. The highest BCUT2D eigenvalue weighted by atomic mass is 32.1. The van der Waals surface area contributed by atoms with Gasteiger partial charge in [-0.3, -0.25) is 9.36 Å². The number of likely N-dealkylation sites (N-methyl/N-ethyl adjacent to an activating group) is 1. The van der Waals surface area contributed by atoms with Gasteiger partial charge >= 0.3 is 0 Å². The summed E-state index contributed by atoms with van der Waals surface area (Å²) in [5.41, 5.74) is 1.18. The highest BCUT2D eigenvalue weighted by Gasteiger charge is 2.25. The van der Waals surface area contributed by atoms with Gasteiger partial charge in [0, 0.05) is 6.04 Å². The van der Waals surface area contributed by atoms with Gasteiger partial charge in [0.1, 0.15) is 0 Å². The molecule has 2 N–H and O–H groups in total. The molecule has 1 fully saturated rings. The van der Waals surface area contributed by atoms with Crippen LogP contribution in [0.4, 0.5) is 0 Å². The summed E-state index contributed by atoms with van der Waals surface area (Å²) in [6.07, 6.45) is 2.20. The molecule has 1 amide bonds. The van der Waals surface area contributed by atoms with Gasteiger partial charge in [-0.1, -0.05) is 36.4 Å². The van der Waals surface area contributed by atoms with Crippen molar-refractivity contribution in [3.8, 4) is 10.7 Å². The zero-order valence-electron chi connectivity index (χ0n) is 15.8. The van der Waals surface area contributed by atoms with Crippen LogP contribution in [-0.4, -0.2) is 39.9 Å². The number of nitrogens with one attached hydrogen (secondary N) is 2. The Balaban J connectivity index is 1.56. The lowest BCUT2D eigenvalue weighted by molar-refractivity contribution is -0.895. The number of hydrogen-bond acceptors (Lipinski definition) is 4. The van der Waals surface area contributed by atoms with Gasteiger partial charge in [-0.2, -0.15) is 4.68 Å². The molecule has 2 heterocycles. The first-order chi connectivity index (χ1) is 13.6. The van der Waals surface area contributed by atoms with Crippen molar-refractivity contribution in [1.82, 2.24) is 19.7 Å². The first-order valence-electron chi connectivity index (χ1n) is 9.46. The average molecular weight is 415 g/mol. The predicted octanol–water partition coefficient (Wildman–Crippen LogP) is 1.94. The molecule has 0 radical (unpaired) electrons. The van der Waals surface area contributed by atoms with Crippen LogP contribution in [0.25, 0.3) is 10.7 Å². The second kappa shape index (κ2) is 8.38. The Kier molecular flexibility index (Phi) is 5.70. The number of carbonyl (C=O) groups excluding carboxylic acids is 1. The van der Waals surface area contributed by atoms with Crippen LogP contribution < -0.4 is 10.2 Å². The Labute approximate surface area is 173 Å². The quantitative estimate of drug-likeness (QED) is 0.554. The van der Waals surface area contributed by atoms with Crippen LogP contribution in [0, 0.1) is 4.77 Å². The summed E-state index contributed by atoms with van der Waals surface area (Å²) >= 11 is 7.40. The third-order valence-corrected chi connectivity index (χ3v) is 5.97. The topological polar surface area (TPSA) is 56.3 Å². The van der Waals surface area contributed by atoms with Crippen molar-refractivity contribution in [1.29, 1.82) is 0 Å². The van der Waals surface area contributed by atoms with Crippen molar-refractivity contribution >= 4 is 29.5 Å². The summed E-state index contributed by atoms with van der Waals surface area (Å²) in [5.74, 6) is 0.966. The molecule has 28 heavy (non-hydrogen) atoms. The lowest BCUT2D eigenvalue weighted by atomic mass is 10.2. The molecule has 1 atom stereocenters. The molecule has 0 aliphatic heterocycles. The van der Waals surface area contributed by atoms with Crippen molar-refractivity contribution in [2.24, 2.45) is 0 Å². The Morgan fingerprint density at radius 1 is 1.29 bits per heavy atom. The largest absolute Gasteiger partial charge is 0.348 e. The first kappa shape index (κ1) is 19.0. The third-order valence-electron chi connectivity index (χ3n) is 4.67.